The van der Waals surface area contributed by atoms with Crippen molar-refractivity contribution in [1.29, 1.82) is 0 Å². The largest absolute Gasteiger partial charge is 0.394 e. The highest BCUT2D eigenvalue weighted by Crippen LogP contribution is 2.55. The lowest BCUT2D eigenvalue weighted by atomic mass is 9.77. The number of benzene rings is 2. The third-order valence-electron chi connectivity index (χ3n) is 9.08. The van der Waals surface area contributed by atoms with Crippen LogP contribution in [0.3, 0.4) is 0 Å². The van der Waals surface area contributed by atoms with E-state index < -0.39 is 35.6 Å². The van der Waals surface area contributed by atoms with Crippen molar-refractivity contribution in [2.24, 2.45) is 11.8 Å². The number of aliphatic hydroxyl groups is 1. The molecule has 8 heteroatoms. The van der Waals surface area contributed by atoms with Gasteiger partial charge in [0.2, 0.25) is 11.8 Å². The fourth-order valence-electron chi connectivity index (χ4n) is 7.40. The van der Waals surface area contributed by atoms with Crippen molar-refractivity contribution in [2.45, 2.75) is 51.0 Å². The maximum atomic E-state index is 14.8. The maximum Gasteiger partial charge on any atom is 0.253 e. The molecule has 6 rings (SSSR count). The van der Waals surface area contributed by atoms with Crippen LogP contribution in [0.2, 0.25) is 0 Å². The number of aliphatic hydroxyl groups excluding tert-OH is 1. The van der Waals surface area contributed by atoms with Gasteiger partial charge in [0.05, 0.1) is 30.6 Å². The van der Waals surface area contributed by atoms with E-state index in [0.29, 0.717) is 19.6 Å². The van der Waals surface area contributed by atoms with Crippen molar-refractivity contribution in [2.75, 3.05) is 31.1 Å². The van der Waals surface area contributed by atoms with Crippen LogP contribution in [0.15, 0.2) is 72.8 Å². The summed E-state index contributed by atoms with van der Waals surface area (Å²) in [6, 6.07) is 13.3. The Morgan fingerprint density at radius 2 is 1.68 bits per heavy atom. The molecule has 3 amide bonds. The third kappa shape index (κ3) is 4.15. The van der Waals surface area contributed by atoms with E-state index >= 15 is 0 Å². The number of hydrogen-bond donors (Lipinski definition) is 1. The van der Waals surface area contributed by atoms with Gasteiger partial charge in [0.15, 0.2) is 0 Å². The number of para-hydroxylation sites is 1. The van der Waals surface area contributed by atoms with Crippen LogP contribution in [-0.2, 0) is 19.1 Å². The Kier molecular flexibility index (Phi) is 7.08. The first kappa shape index (κ1) is 27.4. The second-order valence-electron chi connectivity index (χ2n) is 11.5. The summed E-state index contributed by atoms with van der Waals surface area (Å²) in [6.07, 6.45) is 7.72. The van der Waals surface area contributed by atoms with E-state index in [0.717, 1.165) is 28.8 Å². The molecule has 0 saturated carbocycles. The number of amides is 3. The molecule has 6 atom stereocenters. The Labute approximate surface area is 240 Å². The van der Waals surface area contributed by atoms with Gasteiger partial charge in [0, 0.05) is 25.3 Å². The smallest absolute Gasteiger partial charge is 0.253 e. The lowest BCUT2D eigenvalue weighted by Crippen LogP contribution is -2.56. The molecule has 4 heterocycles. The Hall–Kier alpha value is -3.75. The molecule has 0 aromatic heterocycles. The number of anilines is 1. The zero-order chi connectivity index (χ0) is 28.9. The van der Waals surface area contributed by atoms with Crippen LogP contribution >= 0.6 is 0 Å². The quantitative estimate of drug-likeness (QED) is 0.553. The average Bonchev–Trinajstić information content (AvgIpc) is 3.28. The van der Waals surface area contributed by atoms with Gasteiger partial charge in [-0.25, -0.2) is 0 Å². The molecule has 1 N–H and O–H groups in total. The second kappa shape index (κ2) is 10.6. The minimum Gasteiger partial charge on any atom is -0.394 e. The van der Waals surface area contributed by atoms with Crippen molar-refractivity contribution in [1.82, 2.24) is 9.80 Å². The molecule has 41 heavy (non-hydrogen) atoms. The van der Waals surface area contributed by atoms with Gasteiger partial charge >= 0.3 is 0 Å². The summed E-state index contributed by atoms with van der Waals surface area (Å²) in [4.78, 5) is 48.5. The predicted octanol–water partition coefficient (Wildman–Crippen LogP) is 3.33. The van der Waals surface area contributed by atoms with Gasteiger partial charge in [-0.15, -0.1) is 0 Å². The molecule has 4 aliphatic heterocycles. The second-order valence-corrected chi connectivity index (χ2v) is 11.5. The summed E-state index contributed by atoms with van der Waals surface area (Å²) >= 11 is 0. The number of likely N-dealkylation sites (tertiary alicyclic amines) is 1. The highest BCUT2D eigenvalue weighted by Gasteiger charge is 2.72. The third-order valence-corrected chi connectivity index (χ3v) is 9.08. The Bertz CT molecular complexity index is 1400. The minimum atomic E-state index is -1.35. The highest BCUT2D eigenvalue weighted by atomic mass is 16.5. The van der Waals surface area contributed by atoms with E-state index in [1.54, 1.807) is 9.80 Å². The van der Waals surface area contributed by atoms with Crippen LogP contribution in [0.5, 0.6) is 0 Å². The number of carbonyl (C=O) groups is 3. The molecule has 2 aromatic carbocycles. The molecule has 1 unspecified atom stereocenters. The van der Waals surface area contributed by atoms with E-state index in [1.807, 2.05) is 93.6 Å². The van der Waals surface area contributed by atoms with E-state index in [9.17, 15) is 19.5 Å². The molecule has 8 nitrogen and oxygen atoms in total. The van der Waals surface area contributed by atoms with E-state index in [2.05, 4.69) is 0 Å². The number of aryl methyl sites for hydroxylation is 2. The van der Waals surface area contributed by atoms with E-state index in [1.165, 1.54) is 4.90 Å². The van der Waals surface area contributed by atoms with Crippen LogP contribution in [-0.4, -0.2) is 76.6 Å². The highest BCUT2D eigenvalue weighted by molar-refractivity contribution is 6.06. The number of hydrogen-bond acceptors (Lipinski definition) is 5. The fraction of sp³-hybridized carbons (Fsp3) is 0.424. The normalized spacial score (nSPS) is 29.8. The predicted molar refractivity (Wildman–Crippen MR) is 155 cm³/mol. The van der Waals surface area contributed by atoms with Gasteiger partial charge in [0.25, 0.3) is 5.91 Å². The zero-order valence-electron chi connectivity index (χ0n) is 23.8. The molecule has 0 aliphatic carbocycles. The van der Waals surface area contributed by atoms with Gasteiger partial charge in [-0.2, -0.15) is 0 Å². The number of rotatable bonds is 6. The Morgan fingerprint density at radius 3 is 2.37 bits per heavy atom. The first-order valence-electron chi connectivity index (χ1n) is 14.5. The first-order valence-corrected chi connectivity index (χ1v) is 14.5. The lowest BCUT2D eigenvalue weighted by molar-refractivity contribution is -0.147. The summed E-state index contributed by atoms with van der Waals surface area (Å²) in [5, 5.41) is 10.7. The number of nitrogens with zero attached hydrogens (tertiary/aromatic N) is 3. The van der Waals surface area contributed by atoms with Crippen LogP contribution in [0, 0.1) is 25.7 Å². The molecular formula is C33H37N3O5. The maximum absolute atomic E-state index is 14.8. The molecule has 214 valence electrons. The Balaban J connectivity index is 1.53. The van der Waals surface area contributed by atoms with Crippen molar-refractivity contribution in [3.63, 3.8) is 0 Å². The summed E-state index contributed by atoms with van der Waals surface area (Å²) in [7, 11) is 0. The van der Waals surface area contributed by atoms with Gasteiger partial charge in [-0.05, 0) is 37.0 Å². The molecule has 2 fully saturated rings. The first-order chi connectivity index (χ1) is 19.8. The molecule has 2 aromatic rings. The number of fused-ring (bicyclic) bond motifs is 2. The van der Waals surface area contributed by atoms with Gasteiger partial charge in [-0.1, -0.05) is 79.8 Å². The summed E-state index contributed by atoms with van der Waals surface area (Å²) in [5.74, 6) is -2.42. The van der Waals surface area contributed by atoms with E-state index in [4.69, 9.17) is 4.74 Å². The lowest BCUT2D eigenvalue weighted by Gasteiger charge is -2.39. The molecule has 2 saturated heterocycles. The van der Waals surface area contributed by atoms with Gasteiger partial charge < -0.3 is 24.5 Å². The van der Waals surface area contributed by atoms with Crippen molar-refractivity contribution < 1.29 is 24.2 Å². The van der Waals surface area contributed by atoms with Gasteiger partial charge in [0.1, 0.15) is 11.6 Å². The fourth-order valence-corrected chi connectivity index (χ4v) is 7.40. The standard InChI is InChI=1S/C33H37N3O5/c1-4-17-34-18-9-15-25-26(30(34)38)27-31(39)36(24(20-37)23-13-6-5-7-14-23)29-32(40)35(19-10-16-33(27,29)41-25)28-21(2)11-8-12-22(28)3/h5-16,24-27,29,37H,4,17-20H2,1-3H3/t24-,25+,26-,27+,29?,33+/m1/s1. The monoisotopic (exact) mass is 555 g/mol. The SMILES string of the molecule is CCCN1CC=C[C@@H]2O[C@]34C=CCN(c5c(C)cccc5C)C(=O)C3N([C@H](CO)c3ccccc3)C(=O)[C@@H]4[C@@H]2C1=O. The van der Waals surface area contributed by atoms with Crippen LogP contribution in [0.1, 0.15) is 36.1 Å². The number of carbonyl (C=O) groups excluding carboxylic acids is 3. The van der Waals surface area contributed by atoms with Crippen molar-refractivity contribution >= 4 is 23.4 Å². The van der Waals surface area contributed by atoms with Crippen LogP contribution in [0.25, 0.3) is 0 Å². The molecule has 4 aliphatic rings. The van der Waals surface area contributed by atoms with Crippen LogP contribution < -0.4 is 4.90 Å². The topological polar surface area (TPSA) is 90.4 Å². The van der Waals surface area contributed by atoms with Crippen molar-refractivity contribution in [3.8, 4) is 0 Å². The van der Waals surface area contributed by atoms with E-state index in [-0.39, 0.29) is 24.3 Å². The molecule has 0 bridgehead atoms. The van der Waals surface area contributed by atoms with Crippen molar-refractivity contribution in [3.05, 3.63) is 89.5 Å². The van der Waals surface area contributed by atoms with Gasteiger partial charge in [-0.3, -0.25) is 14.4 Å². The number of ether oxygens (including phenoxy) is 1. The Morgan fingerprint density at radius 1 is 0.951 bits per heavy atom. The summed E-state index contributed by atoms with van der Waals surface area (Å²) in [5.41, 5.74) is 2.05. The molecule has 1 spiro atoms. The molecule has 0 radical (unpaired) electrons. The van der Waals surface area contributed by atoms with Crippen LogP contribution in [0.4, 0.5) is 5.69 Å². The average molecular weight is 556 g/mol. The summed E-state index contributed by atoms with van der Waals surface area (Å²) in [6.45, 7) is 6.92. The molecular weight excluding hydrogens is 518 g/mol. The summed E-state index contributed by atoms with van der Waals surface area (Å²) < 4.78 is 6.77. The zero-order valence-corrected chi connectivity index (χ0v) is 23.8. The minimum absolute atomic E-state index is 0.130.